The summed E-state index contributed by atoms with van der Waals surface area (Å²) in [5, 5.41) is 17.4. The molecule has 0 aliphatic heterocycles. The van der Waals surface area contributed by atoms with Crippen LogP contribution in [0.25, 0.3) is 0 Å². The highest BCUT2D eigenvalue weighted by molar-refractivity contribution is 4.75. The Balaban J connectivity index is 3.42. The van der Waals surface area contributed by atoms with Crippen molar-refractivity contribution in [1.82, 2.24) is 0 Å². The van der Waals surface area contributed by atoms with Gasteiger partial charge in [0.05, 0.1) is 19.8 Å². The molecule has 74 valence electrons. The zero-order valence-corrected chi connectivity index (χ0v) is 7.79. The molecule has 0 saturated carbocycles. The maximum Gasteiger partial charge on any atom is 0.100 e. The van der Waals surface area contributed by atoms with Crippen LogP contribution in [-0.4, -0.2) is 41.7 Å². The van der Waals surface area contributed by atoms with E-state index in [0.717, 1.165) is 6.42 Å². The van der Waals surface area contributed by atoms with Crippen molar-refractivity contribution in [2.45, 2.75) is 31.9 Å². The van der Waals surface area contributed by atoms with Crippen molar-refractivity contribution in [2.24, 2.45) is 5.73 Å². The Morgan fingerprint density at radius 2 is 2.17 bits per heavy atom. The quantitative estimate of drug-likeness (QED) is 0.510. The van der Waals surface area contributed by atoms with E-state index in [0.29, 0.717) is 6.61 Å². The van der Waals surface area contributed by atoms with Gasteiger partial charge in [-0.2, -0.15) is 0 Å². The highest BCUT2D eigenvalue weighted by Crippen LogP contribution is 2.04. The SMILES string of the molecule is CCC(C)(N)COCC(O)CO. The van der Waals surface area contributed by atoms with Crippen molar-refractivity contribution in [3.63, 3.8) is 0 Å². The van der Waals surface area contributed by atoms with E-state index in [-0.39, 0.29) is 18.8 Å². The van der Waals surface area contributed by atoms with Crippen LogP contribution in [0.3, 0.4) is 0 Å². The Bertz CT molecular complexity index is 117. The van der Waals surface area contributed by atoms with Crippen molar-refractivity contribution >= 4 is 0 Å². The third-order valence-electron chi connectivity index (χ3n) is 1.76. The molecular weight excluding hydrogens is 158 g/mol. The summed E-state index contributed by atoms with van der Waals surface area (Å²) in [4.78, 5) is 0. The van der Waals surface area contributed by atoms with Gasteiger partial charge in [-0.05, 0) is 13.3 Å². The molecule has 12 heavy (non-hydrogen) atoms. The number of rotatable bonds is 6. The van der Waals surface area contributed by atoms with Crippen LogP contribution in [0, 0.1) is 0 Å². The average Bonchev–Trinajstić information content (AvgIpc) is 2.04. The first kappa shape index (κ1) is 11.8. The van der Waals surface area contributed by atoms with Gasteiger partial charge in [0.15, 0.2) is 0 Å². The molecule has 0 aromatic carbocycles. The number of ether oxygens (including phenoxy) is 1. The van der Waals surface area contributed by atoms with Gasteiger partial charge in [-0.1, -0.05) is 6.92 Å². The molecule has 0 rings (SSSR count). The van der Waals surface area contributed by atoms with Crippen LogP contribution in [0.4, 0.5) is 0 Å². The third-order valence-corrected chi connectivity index (χ3v) is 1.76. The predicted octanol–water partition coefficient (Wildman–Crippen LogP) is -0.516. The normalized spacial score (nSPS) is 18.8. The summed E-state index contributed by atoms with van der Waals surface area (Å²) in [5.41, 5.74) is 5.44. The van der Waals surface area contributed by atoms with Crippen LogP contribution < -0.4 is 5.73 Å². The molecule has 0 fully saturated rings. The van der Waals surface area contributed by atoms with Gasteiger partial charge in [-0.25, -0.2) is 0 Å². The summed E-state index contributed by atoms with van der Waals surface area (Å²) in [6, 6.07) is 0. The lowest BCUT2D eigenvalue weighted by Crippen LogP contribution is -2.41. The molecule has 0 aliphatic rings. The van der Waals surface area contributed by atoms with E-state index in [9.17, 15) is 0 Å². The van der Waals surface area contributed by atoms with Crippen molar-refractivity contribution in [1.29, 1.82) is 0 Å². The highest BCUT2D eigenvalue weighted by atomic mass is 16.5. The fraction of sp³-hybridized carbons (Fsp3) is 1.00. The van der Waals surface area contributed by atoms with Gasteiger partial charge in [-0.3, -0.25) is 0 Å². The third kappa shape index (κ3) is 5.49. The molecule has 0 bridgehead atoms. The Morgan fingerprint density at radius 3 is 2.58 bits per heavy atom. The lowest BCUT2D eigenvalue weighted by Gasteiger charge is -2.22. The van der Waals surface area contributed by atoms with Gasteiger partial charge in [0, 0.05) is 5.54 Å². The minimum absolute atomic E-state index is 0.142. The zero-order valence-electron chi connectivity index (χ0n) is 7.79. The van der Waals surface area contributed by atoms with Gasteiger partial charge in [0.25, 0.3) is 0 Å². The molecule has 0 saturated heterocycles. The Morgan fingerprint density at radius 1 is 1.58 bits per heavy atom. The first-order valence-corrected chi connectivity index (χ1v) is 4.17. The monoisotopic (exact) mass is 177 g/mol. The van der Waals surface area contributed by atoms with Crippen LogP contribution in [0.2, 0.25) is 0 Å². The molecule has 0 spiro atoms. The van der Waals surface area contributed by atoms with Crippen molar-refractivity contribution in [3.05, 3.63) is 0 Å². The second-order valence-corrected chi connectivity index (χ2v) is 3.36. The topological polar surface area (TPSA) is 75.7 Å². The minimum Gasteiger partial charge on any atom is -0.394 e. The maximum absolute atomic E-state index is 8.91. The zero-order chi connectivity index (χ0) is 9.61. The Labute approximate surface area is 73.3 Å². The molecule has 2 unspecified atom stereocenters. The molecule has 0 aliphatic carbocycles. The van der Waals surface area contributed by atoms with Gasteiger partial charge < -0.3 is 20.7 Å². The van der Waals surface area contributed by atoms with Crippen LogP contribution >= 0.6 is 0 Å². The molecule has 4 heteroatoms. The first-order chi connectivity index (χ1) is 5.52. The van der Waals surface area contributed by atoms with Gasteiger partial charge in [-0.15, -0.1) is 0 Å². The first-order valence-electron chi connectivity index (χ1n) is 4.17. The Hall–Kier alpha value is -0.160. The van der Waals surface area contributed by atoms with Crippen LogP contribution in [0.5, 0.6) is 0 Å². The molecule has 0 heterocycles. The highest BCUT2D eigenvalue weighted by Gasteiger charge is 2.16. The molecular formula is C8H19NO3. The second-order valence-electron chi connectivity index (χ2n) is 3.36. The Kier molecular flexibility index (Phi) is 5.41. The van der Waals surface area contributed by atoms with E-state index in [1.165, 1.54) is 0 Å². The van der Waals surface area contributed by atoms with E-state index < -0.39 is 6.10 Å². The number of nitrogens with two attached hydrogens (primary N) is 1. The average molecular weight is 177 g/mol. The molecule has 4 N–H and O–H groups in total. The molecule has 4 nitrogen and oxygen atoms in total. The van der Waals surface area contributed by atoms with Crippen LogP contribution in [0.15, 0.2) is 0 Å². The lowest BCUT2D eigenvalue weighted by molar-refractivity contribution is -0.00746. The number of aliphatic hydroxyl groups excluding tert-OH is 2. The number of hydrogen-bond donors (Lipinski definition) is 3. The standard InChI is InChI=1S/C8H19NO3/c1-3-8(2,9)6-12-5-7(11)4-10/h7,10-11H,3-6,9H2,1-2H3. The number of aliphatic hydroxyl groups is 2. The second kappa shape index (κ2) is 5.48. The maximum atomic E-state index is 8.91. The lowest BCUT2D eigenvalue weighted by atomic mass is 10.0. The van der Waals surface area contributed by atoms with E-state index in [1.807, 2.05) is 13.8 Å². The summed E-state index contributed by atoms with van der Waals surface area (Å²) in [7, 11) is 0. The van der Waals surface area contributed by atoms with E-state index in [4.69, 9.17) is 20.7 Å². The van der Waals surface area contributed by atoms with E-state index in [1.54, 1.807) is 0 Å². The van der Waals surface area contributed by atoms with Gasteiger partial charge >= 0.3 is 0 Å². The fourth-order valence-corrected chi connectivity index (χ4v) is 0.583. The molecule has 2 atom stereocenters. The molecule has 0 aromatic rings. The van der Waals surface area contributed by atoms with Gasteiger partial charge in [0.1, 0.15) is 6.10 Å². The van der Waals surface area contributed by atoms with Gasteiger partial charge in [0.2, 0.25) is 0 Å². The summed E-state index contributed by atoms with van der Waals surface area (Å²) >= 11 is 0. The van der Waals surface area contributed by atoms with Crippen molar-refractivity contribution in [2.75, 3.05) is 19.8 Å². The van der Waals surface area contributed by atoms with Crippen molar-refractivity contribution in [3.8, 4) is 0 Å². The predicted molar refractivity (Wildman–Crippen MR) is 46.8 cm³/mol. The molecule has 0 radical (unpaired) electrons. The summed E-state index contributed by atoms with van der Waals surface area (Å²) < 4.78 is 5.11. The van der Waals surface area contributed by atoms with E-state index >= 15 is 0 Å². The van der Waals surface area contributed by atoms with Crippen molar-refractivity contribution < 1.29 is 14.9 Å². The molecule has 0 aromatic heterocycles. The summed E-state index contributed by atoms with van der Waals surface area (Å²) in [5.74, 6) is 0. The smallest absolute Gasteiger partial charge is 0.100 e. The van der Waals surface area contributed by atoms with Crippen LogP contribution in [0.1, 0.15) is 20.3 Å². The fourth-order valence-electron chi connectivity index (χ4n) is 0.583. The summed E-state index contributed by atoms with van der Waals surface area (Å²) in [6.07, 6.45) is 0.0278. The van der Waals surface area contributed by atoms with Crippen LogP contribution in [-0.2, 0) is 4.74 Å². The van der Waals surface area contributed by atoms with E-state index in [2.05, 4.69) is 0 Å². The molecule has 0 amide bonds. The summed E-state index contributed by atoms with van der Waals surface area (Å²) in [6.45, 7) is 4.14. The number of hydrogen-bond acceptors (Lipinski definition) is 4. The largest absolute Gasteiger partial charge is 0.394 e. The minimum atomic E-state index is -0.794.